The van der Waals surface area contributed by atoms with E-state index in [-0.39, 0.29) is 36.5 Å². The van der Waals surface area contributed by atoms with E-state index in [1.54, 1.807) is 15.9 Å². The monoisotopic (exact) mass is 406 g/mol. The minimum Gasteiger partial charge on any atom is -0.357 e. The molecule has 0 radical (unpaired) electrons. The second kappa shape index (κ2) is 8.15. The van der Waals surface area contributed by atoms with Crippen molar-refractivity contribution in [2.75, 3.05) is 31.6 Å². The largest absolute Gasteiger partial charge is 0.417 e. The molecule has 1 aromatic carbocycles. The lowest BCUT2D eigenvalue weighted by molar-refractivity contribution is -0.138. The number of nitrogens with one attached hydrogen (secondary N) is 1. The topological polar surface area (TPSA) is 76.4 Å². The third-order valence-electron chi connectivity index (χ3n) is 5.36. The van der Waals surface area contributed by atoms with Gasteiger partial charge in [0.05, 0.1) is 23.7 Å². The molecule has 6 nitrogen and oxygen atoms in total. The predicted molar refractivity (Wildman–Crippen MR) is 99.8 cm³/mol. The van der Waals surface area contributed by atoms with Crippen LogP contribution in [-0.4, -0.2) is 49.4 Å². The van der Waals surface area contributed by atoms with Crippen molar-refractivity contribution in [2.24, 2.45) is 5.92 Å². The van der Waals surface area contributed by atoms with E-state index in [2.05, 4.69) is 5.32 Å². The maximum Gasteiger partial charge on any atom is 0.417 e. The normalized spacial score (nSPS) is 19.9. The van der Waals surface area contributed by atoms with E-state index >= 15 is 0 Å². The van der Waals surface area contributed by atoms with Gasteiger partial charge in [0.2, 0.25) is 11.8 Å². The number of allylic oxidation sites excluding steroid dienone is 2. The number of amides is 2. The van der Waals surface area contributed by atoms with Crippen LogP contribution in [0.4, 0.5) is 18.9 Å². The van der Waals surface area contributed by atoms with E-state index in [1.807, 2.05) is 12.2 Å². The first-order chi connectivity index (χ1) is 13.8. The van der Waals surface area contributed by atoms with E-state index in [9.17, 15) is 22.8 Å². The van der Waals surface area contributed by atoms with Gasteiger partial charge >= 0.3 is 6.18 Å². The number of benzene rings is 1. The molecule has 1 aliphatic carbocycles. The third kappa shape index (κ3) is 4.21. The number of nitrogens with zero attached hydrogens (tertiary/aromatic N) is 3. The van der Waals surface area contributed by atoms with Crippen molar-refractivity contribution in [3.8, 4) is 6.07 Å². The van der Waals surface area contributed by atoms with Gasteiger partial charge in [-0.05, 0) is 31.0 Å². The number of piperazine rings is 1. The Balaban J connectivity index is 1.88. The Morgan fingerprint density at radius 3 is 2.48 bits per heavy atom. The average molecular weight is 406 g/mol. The molecular formula is C20H21F3N4O2. The first-order valence-electron chi connectivity index (χ1n) is 9.29. The average Bonchev–Trinajstić information content (AvgIpc) is 3.26. The molecule has 2 amide bonds. The number of rotatable bonds is 3. The lowest BCUT2D eigenvalue weighted by atomic mass is 10.0. The number of halogens is 3. The highest BCUT2D eigenvalue weighted by atomic mass is 19.4. The van der Waals surface area contributed by atoms with Crippen molar-refractivity contribution in [3.63, 3.8) is 0 Å². The Morgan fingerprint density at radius 1 is 1.21 bits per heavy atom. The number of hydrogen-bond acceptors (Lipinski definition) is 4. The smallest absolute Gasteiger partial charge is 0.357 e. The molecule has 3 rings (SSSR count). The molecule has 0 aromatic heterocycles. The van der Waals surface area contributed by atoms with Crippen molar-refractivity contribution in [1.82, 2.24) is 10.2 Å². The molecule has 1 fully saturated rings. The molecule has 1 saturated heterocycles. The summed E-state index contributed by atoms with van der Waals surface area (Å²) < 4.78 is 40.0. The van der Waals surface area contributed by atoms with E-state index in [4.69, 9.17) is 5.26 Å². The quantitative estimate of drug-likeness (QED) is 0.782. The molecule has 1 atom stereocenters. The highest BCUT2D eigenvalue weighted by molar-refractivity contribution is 5.87. The molecule has 2 aliphatic rings. The van der Waals surface area contributed by atoms with Crippen molar-refractivity contribution in [2.45, 2.75) is 25.1 Å². The maximum absolute atomic E-state index is 13.3. The summed E-state index contributed by atoms with van der Waals surface area (Å²) in [5, 5.41) is 11.5. The summed E-state index contributed by atoms with van der Waals surface area (Å²) in [5.74, 6) is -0.567. The number of hydrogen-bond donors (Lipinski definition) is 1. The molecule has 29 heavy (non-hydrogen) atoms. The van der Waals surface area contributed by atoms with Gasteiger partial charge in [-0.1, -0.05) is 12.2 Å². The van der Waals surface area contributed by atoms with Crippen LogP contribution in [0.1, 0.15) is 24.0 Å². The van der Waals surface area contributed by atoms with Gasteiger partial charge in [-0.3, -0.25) is 9.59 Å². The van der Waals surface area contributed by atoms with E-state index in [0.717, 1.165) is 12.1 Å². The van der Waals surface area contributed by atoms with Crippen LogP contribution in [0.2, 0.25) is 0 Å². The maximum atomic E-state index is 13.3. The Hall–Kier alpha value is -3.02. The molecule has 1 aromatic rings. The minimum atomic E-state index is -4.68. The standard InChI is InChI=1S/C20H21F3N4O2/c1-25-18(28)17-12-26(19(29)13-4-2-3-5-13)8-9-27(17)15-7-6-14(11-24)16(10-15)20(21,22)23/h2-3,6-7,10,13,17H,4-5,8-9,12H2,1H3,(H,25,28). The lowest BCUT2D eigenvalue weighted by Crippen LogP contribution is -2.60. The summed E-state index contributed by atoms with van der Waals surface area (Å²) in [7, 11) is 1.45. The summed E-state index contributed by atoms with van der Waals surface area (Å²) in [4.78, 5) is 28.4. The molecule has 0 spiro atoms. The number of nitriles is 1. The first-order valence-corrected chi connectivity index (χ1v) is 9.29. The minimum absolute atomic E-state index is 0.0423. The molecule has 1 unspecified atom stereocenters. The van der Waals surface area contributed by atoms with Crippen LogP contribution >= 0.6 is 0 Å². The van der Waals surface area contributed by atoms with E-state index in [0.29, 0.717) is 19.4 Å². The van der Waals surface area contributed by atoms with Crippen LogP contribution in [0.3, 0.4) is 0 Å². The Kier molecular flexibility index (Phi) is 5.82. The second-order valence-electron chi connectivity index (χ2n) is 7.09. The number of likely N-dealkylation sites (N-methyl/N-ethyl adjacent to an activating group) is 1. The van der Waals surface area contributed by atoms with Gasteiger partial charge in [0.15, 0.2) is 0 Å². The fourth-order valence-corrected chi connectivity index (χ4v) is 3.80. The highest BCUT2D eigenvalue weighted by Crippen LogP contribution is 2.35. The van der Waals surface area contributed by atoms with Gasteiger partial charge in [0.25, 0.3) is 0 Å². The second-order valence-corrected chi connectivity index (χ2v) is 7.09. The molecule has 0 saturated carbocycles. The Bertz CT molecular complexity index is 867. The van der Waals surface area contributed by atoms with Crippen molar-refractivity contribution < 1.29 is 22.8 Å². The molecule has 0 bridgehead atoms. The van der Waals surface area contributed by atoms with Gasteiger partial charge in [0.1, 0.15) is 6.04 Å². The number of carbonyl (C=O) groups is 2. The summed E-state index contributed by atoms with van der Waals surface area (Å²) in [6.07, 6.45) is 0.536. The third-order valence-corrected chi connectivity index (χ3v) is 5.36. The molecular weight excluding hydrogens is 385 g/mol. The molecule has 1 N–H and O–H groups in total. The zero-order valence-electron chi connectivity index (χ0n) is 15.9. The SMILES string of the molecule is CNC(=O)C1CN(C(=O)C2CC=CC2)CCN1c1ccc(C#N)c(C(F)(F)F)c1. The van der Waals surface area contributed by atoms with Crippen LogP contribution in [0.5, 0.6) is 0 Å². The number of anilines is 1. The zero-order chi connectivity index (χ0) is 21.2. The zero-order valence-corrected chi connectivity index (χ0v) is 15.9. The summed E-state index contributed by atoms with van der Waals surface area (Å²) >= 11 is 0. The molecule has 1 heterocycles. The van der Waals surface area contributed by atoms with Crippen LogP contribution in [0.25, 0.3) is 0 Å². The van der Waals surface area contributed by atoms with Crippen molar-refractivity contribution in [3.05, 3.63) is 41.5 Å². The first kappa shape index (κ1) is 20.7. The summed E-state index contributed by atoms with van der Waals surface area (Å²) in [6, 6.07) is 4.15. The summed E-state index contributed by atoms with van der Waals surface area (Å²) in [5.41, 5.74) is -1.32. The van der Waals surface area contributed by atoms with Crippen molar-refractivity contribution >= 4 is 17.5 Å². The van der Waals surface area contributed by atoms with Crippen LogP contribution < -0.4 is 10.2 Å². The number of alkyl halides is 3. The van der Waals surface area contributed by atoms with Crippen molar-refractivity contribution in [1.29, 1.82) is 5.26 Å². The lowest BCUT2D eigenvalue weighted by Gasteiger charge is -2.42. The summed E-state index contributed by atoms with van der Waals surface area (Å²) in [6.45, 7) is 0.619. The van der Waals surface area contributed by atoms with E-state index < -0.39 is 23.3 Å². The molecule has 1 aliphatic heterocycles. The number of carbonyl (C=O) groups excluding carboxylic acids is 2. The van der Waals surface area contributed by atoms with Gasteiger partial charge in [0, 0.05) is 31.7 Å². The Labute approximate surface area is 166 Å². The fourth-order valence-electron chi connectivity index (χ4n) is 3.80. The van der Waals surface area contributed by atoms with Crippen LogP contribution in [0.15, 0.2) is 30.4 Å². The van der Waals surface area contributed by atoms with Gasteiger partial charge in [-0.25, -0.2) is 0 Å². The molecule has 154 valence electrons. The Morgan fingerprint density at radius 2 is 1.90 bits per heavy atom. The van der Waals surface area contributed by atoms with Gasteiger partial charge in [-0.2, -0.15) is 18.4 Å². The highest BCUT2D eigenvalue weighted by Gasteiger charge is 2.38. The fraction of sp³-hybridized carbons (Fsp3) is 0.450. The van der Waals surface area contributed by atoms with E-state index in [1.165, 1.54) is 13.1 Å². The van der Waals surface area contributed by atoms with Gasteiger partial charge in [-0.15, -0.1) is 0 Å². The predicted octanol–water partition coefficient (Wildman–Crippen LogP) is 2.31. The van der Waals surface area contributed by atoms with Crippen LogP contribution in [0, 0.1) is 17.2 Å². The van der Waals surface area contributed by atoms with Gasteiger partial charge < -0.3 is 15.1 Å². The molecule has 9 heteroatoms. The van der Waals surface area contributed by atoms with Crippen LogP contribution in [-0.2, 0) is 15.8 Å².